The Bertz CT molecular complexity index is 708. The van der Waals surface area contributed by atoms with E-state index >= 15 is 0 Å². The van der Waals surface area contributed by atoms with Gasteiger partial charge < -0.3 is 0 Å². The highest BCUT2D eigenvalue weighted by atomic mass is 19.4. The molecule has 1 fully saturated rings. The molecule has 0 aliphatic heterocycles. The van der Waals surface area contributed by atoms with E-state index in [4.69, 9.17) is 5.26 Å². The molecule has 1 heterocycles. The van der Waals surface area contributed by atoms with Gasteiger partial charge in [0.15, 0.2) is 5.69 Å². The zero-order chi connectivity index (χ0) is 15.0. The second kappa shape index (κ2) is 4.88. The molecule has 7 heteroatoms. The average molecular weight is 292 g/mol. The lowest BCUT2D eigenvalue weighted by molar-refractivity contribution is -0.137. The summed E-state index contributed by atoms with van der Waals surface area (Å²) in [4.78, 5) is 0. The molecule has 0 radical (unpaired) electrons. The molecular weight excluding hydrogens is 281 g/mol. The van der Waals surface area contributed by atoms with Crippen LogP contribution >= 0.6 is 0 Å². The van der Waals surface area contributed by atoms with Crippen molar-refractivity contribution in [3.8, 4) is 11.8 Å². The molecule has 0 spiro atoms. The van der Waals surface area contributed by atoms with Crippen LogP contribution in [0.15, 0.2) is 24.3 Å². The Kier molecular flexibility index (Phi) is 3.16. The molecule has 0 saturated heterocycles. The van der Waals surface area contributed by atoms with E-state index in [1.165, 1.54) is 16.8 Å². The summed E-state index contributed by atoms with van der Waals surface area (Å²) in [5.74, 6) is 0.143. The summed E-state index contributed by atoms with van der Waals surface area (Å²) >= 11 is 0. The molecule has 21 heavy (non-hydrogen) atoms. The third kappa shape index (κ3) is 2.37. The van der Waals surface area contributed by atoms with E-state index in [0.29, 0.717) is 5.69 Å². The SMILES string of the molecule is N#Cc1nnn(-c2cccc(C(F)(F)F)c2)c1C1CCC1. The van der Waals surface area contributed by atoms with E-state index in [2.05, 4.69) is 10.3 Å². The van der Waals surface area contributed by atoms with E-state index in [-0.39, 0.29) is 17.3 Å². The van der Waals surface area contributed by atoms with Gasteiger partial charge in [0, 0.05) is 5.92 Å². The molecule has 1 aliphatic rings. The maximum Gasteiger partial charge on any atom is 0.416 e. The number of hydrogen-bond acceptors (Lipinski definition) is 3. The number of rotatable bonds is 2. The Balaban J connectivity index is 2.09. The Hall–Kier alpha value is -2.36. The van der Waals surface area contributed by atoms with Crippen molar-refractivity contribution in [3.63, 3.8) is 0 Å². The van der Waals surface area contributed by atoms with Crippen molar-refractivity contribution in [2.24, 2.45) is 0 Å². The summed E-state index contributed by atoms with van der Waals surface area (Å²) in [5.41, 5.74) is 0.342. The predicted octanol–water partition coefficient (Wildman–Crippen LogP) is 3.43. The highest BCUT2D eigenvalue weighted by Gasteiger charge is 2.32. The van der Waals surface area contributed by atoms with E-state index in [1.807, 2.05) is 6.07 Å². The number of halogens is 3. The standard InChI is InChI=1S/C14H11F3N4/c15-14(16,17)10-5-2-6-11(7-10)21-13(9-3-1-4-9)12(8-18)19-20-21/h2,5-7,9H,1,3-4H2. The van der Waals surface area contributed by atoms with Crippen LogP contribution in [0.1, 0.15) is 42.1 Å². The third-order valence-electron chi connectivity index (χ3n) is 3.72. The van der Waals surface area contributed by atoms with Gasteiger partial charge in [0.05, 0.1) is 16.9 Å². The van der Waals surface area contributed by atoms with Crippen molar-refractivity contribution in [1.29, 1.82) is 5.26 Å². The fraction of sp³-hybridized carbons (Fsp3) is 0.357. The zero-order valence-electron chi connectivity index (χ0n) is 10.9. The Morgan fingerprint density at radius 2 is 2.05 bits per heavy atom. The number of hydrogen-bond donors (Lipinski definition) is 0. The normalized spacial score (nSPS) is 15.5. The number of alkyl halides is 3. The second-order valence-corrected chi connectivity index (χ2v) is 5.02. The van der Waals surface area contributed by atoms with Crippen LogP contribution in [-0.4, -0.2) is 15.0 Å². The lowest BCUT2D eigenvalue weighted by Crippen LogP contribution is -2.16. The highest BCUT2D eigenvalue weighted by molar-refractivity contribution is 5.41. The molecular formula is C14H11F3N4. The van der Waals surface area contributed by atoms with Crippen molar-refractivity contribution in [2.75, 3.05) is 0 Å². The van der Waals surface area contributed by atoms with Crippen LogP contribution in [0.25, 0.3) is 5.69 Å². The average Bonchev–Trinajstić information content (AvgIpc) is 2.79. The quantitative estimate of drug-likeness (QED) is 0.852. The number of nitriles is 1. The molecule has 4 nitrogen and oxygen atoms in total. The van der Waals surface area contributed by atoms with Crippen molar-refractivity contribution in [1.82, 2.24) is 15.0 Å². The minimum absolute atomic E-state index is 0.143. The molecule has 0 N–H and O–H groups in total. The minimum atomic E-state index is -4.41. The Morgan fingerprint density at radius 3 is 2.62 bits per heavy atom. The molecule has 1 aromatic heterocycles. The van der Waals surface area contributed by atoms with Gasteiger partial charge in [0.25, 0.3) is 0 Å². The molecule has 3 rings (SSSR count). The number of nitrogens with zero attached hydrogens (tertiary/aromatic N) is 4. The maximum absolute atomic E-state index is 12.8. The maximum atomic E-state index is 12.8. The van der Waals surface area contributed by atoms with Gasteiger partial charge >= 0.3 is 6.18 Å². The van der Waals surface area contributed by atoms with Crippen molar-refractivity contribution >= 4 is 0 Å². The fourth-order valence-electron chi connectivity index (χ4n) is 2.42. The smallest absolute Gasteiger partial charge is 0.216 e. The molecule has 2 aromatic rings. The topological polar surface area (TPSA) is 54.5 Å². The largest absolute Gasteiger partial charge is 0.416 e. The van der Waals surface area contributed by atoms with Gasteiger partial charge in [-0.2, -0.15) is 18.4 Å². The second-order valence-electron chi connectivity index (χ2n) is 5.02. The van der Waals surface area contributed by atoms with E-state index < -0.39 is 11.7 Å². The summed E-state index contributed by atoms with van der Waals surface area (Å²) < 4.78 is 39.7. The molecule has 0 atom stereocenters. The van der Waals surface area contributed by atoms with Gasteiger partial charge in [0.1, 0.15) is 6.07 Å². The van der Waals surface area contributed by atoms with E-state index in [1.54, 1.807) is 0 Å². The fourth-order valence-corrected chi connectivity index (χ4v) is 2.42. The third-order valence-corrected chi connectivity index (χ3v) is 3.72. The van der Waals surface area contributed by atoms with Gasteiger partial charge in [-0.1, -0.05) is 17.7 Å². The molecule has 108 valence electrons. The summed E-state index contributed by atoms with van der Waals surface area (Å²) in [6.45, 7) is 0. The Labute approximate surface area is 118 Å². The first kappa shape index (κ1) is 13.6. The van der Waals surface area contributed by atoms with Gasteiger partial charge in [-0.25, -0.2) is 4.68 Å². The summed E-state index contributed by atoms with van der Waals surface area (Å²) in [6.07, 6.45) is -1.56. The molecule has 1 aromatic carbocycles. The minimum Gasteiger partial charge on any atom is -0.216 e. The van der Waals surface area contributed by atoms with E-state index in [9.17, 15) is 13.2 Å². The molecule has 1 saturated carbocycles. The lowest BCUT2D eigenvalue weighted by atomic mass is 9.82. The van der Waals surface area contributed by atoms with E-state index in [0.717, 1.165) is 31.4 Å². The van der Waals surface area contributed by atoms with Crippen LogP contribution < -0.4 is 0 Å². The van der Waals surface area contributed by atoms with Crippen LogP contribution in [-0.2, 0) is 6.18 Å². The number of aromatic nitrogens is 3. The molecule has 0 bridgehead atoms. The monoisotopic (exact) mass is 292 g/mol. The number of benzene rings is 1. The molecule has 0 unspecified atom stereocenters. The summed E-state index contributed by atoms with van der Waals surface area (Å²) in [5, 5.41) is 16.7. The summed E-state index contributed by atoms with van der Waals surface area (Å²) in [7, 11) is 0. The van der Waals surface area contributed by atoms with Crippen LogP contribution in [0, 0.1) is 11.3 Å². The highest BCUT2D eigenvalue weighted by Crippen LogP contribution is 2.38. The first-order valence-electron chi connectivity index (χ1n) is 6.54. The first-order valence-corrected chi connectivity index (χ1v) is 6.54. The first-order chi connectivity index (χ1) is 10.0. The van der Waals surface area contributed by atoms with Gasteiger partial charge in [-0.3, -0.25) is 0 Å². The van der Waals surface area contributed by atoms with Gasteiger partial charge in [0.2, 0.25) is 0 Å². The van der Waals surface area contributed by atoms with Crippen molar-refractivity contribution in [3.05, 3.63) is 41.2 Å². The van der Waals surface area contributed by atoms with Gasteiger partial charge in [-0.15, -0.1) is 5.10 Å². The Morgan fingerprint density at radius 1 is 1.29 bits per heavy atom. The van der Waals surface area contributed by atoms with Crippen LogP contribution in [0.2, 0.25) is 0 Å². The van der Waals surface area contributed by atoms with Crippen molar-refractivity contribution in [2.45, 2.75) is 31.4 Å². The zero-order valence-corrected chi connectivity index (χ0v) is 10.9. The van der Waals surface area contributed by atoms with Gasteiger partial charge in [-0.05, 0) is 31.0 Å². The van der Waals surface area contributed by atoms with Crippen LogP contribution in [0.3, 0.4) is 0 Å². The molecule has 0 amide bonds. The van der Waals surface area contributed by atoms with Crippen molar-refractivity contribution < 1.29 is 13.2 Å². The lowest BCUT2D eigenvalue weighted by Gasteiger charge is -2.25. The van der Waals surface area contributed by atoms with Crippen LogP contribution in [0.4, 0.5) is 13.2 Å². The predicted molar refractivity (Wildman–Crippen MR) is 67.7 cm³/mol. The summed E-state index contributed by atoms with van der Waals surface area (Å²) in [6, 6.07) is 6.86. The van der Waals surface area contributed by atoms with Crippen LogP contribution in [0.5, 0.6) is 0 Å². The molecule has 1 aliphatic carbocycles.